The van der Waals surface area contributed by atoms with E-state index < -0.39 is 20.7 Å². The van der Waals surface area contributed by atoms with Gasteiger partial charge in [-0.05, 0) is 79.3 Å². The van der Waals surface area contributed by atoms with E-state index in [1.54, 1.807) is 7.11 Å². The normalized spacial score (nSPS) is 19.5. The van der Waals surface area contributed by atoms with E-state index in [1.807, 2.05) is 18.2 Å². The second kappa shape index (κ2) is 8.28. The molecule has 166 valence electrons. The Hall–Kier alpha value is -2.38. The van der Waals surface area contributed by atoms with Crippen molar-refractivity contribution in [3.05, 3.63) is 53.6 Å². The summed E-state index contributed by atoms with van der Waals surface area (Å²) in [7, 11) is -2.17. The minimum absolute atomic E-state index is 0.218. The zero-order chi connectivity index (χ0) is 22.2. The van der Waals surface area contributed by atoms with E-state index >= 15 is 0 Å². The van der Waals surface area contributed by atoms with Crippen LogP contribution in [0.3, 0.4) is 0 Å². The van der Waals surface area contributed by atoms with Crippen molar-refractivity contribution < 1.29 is 23.1 Å². The van der Waals surface area contributed by atoms with Crippen LogP contribution in [0.25, 0.3) is 11.1 Å². The van der Waals surface area contributed by atoms with Gasteiger partial charge in [-0.25, -0.2) is 12.7 Å². The van der Waals surface area contributed by atoms with Crippen LogP contribution >= 0.6 is 0 Å². The molecule has 1 aliphatic heterocycles. The molecule has 0 amide bonds. The van der Waals surface area contributed by atoms with Gasteiger partial charge in [-0.2, -0.15) is 0 Å². The molecule has 0 aromatic heterocycles. The molecule has 0 radical (unpaired) electrons. The zero-order valence-electron chi connectivity index (χ0n) is 18.0. The number of ether oxygens (including phenoxy) is 1. The van der Waals surface area contributed by atoms with Gasteiger partial charge in [-0.15, -0.1) is 0 Å². The number of carboxylic acid groups (broad SMARTS) is 1. The molecule has 6 nitrogen and oxygen atoms in total. The lowest BCUT2D eigenvalue weighted by Crippen LogP contribution is -2.58. The smallest absolute Gasteiger partial charge is 0.326 e. The van der Waals surface area contributed by atoms with Crippen molar-refractivity contribution >= 4 is 16.0 Å². The molecule has 7 heteroatoms. The highest BCUT2D eigenvalue weighted by Gasteiger charge is 2.58. The molecule has 0 atom stereocenters. The summed E-state index contributed by atoms with van der Waals surface area (Å²) in [6.07, 6.45) is 2.49. The van der Waals surface area contributed by atoms with Crippen LogP contribution in [-0.4, -0.2) is 48.7 Å². The molecule has 1 aliphatic carbocycles. The summed E-state index contributed by atoms with van der Waals surface area (Å²) in [5.74, 6) is -0.114. The average molecular weight is 444 g/mol. The van der Waals surface area contributed by atoms with Crippen LogP contribution < -0.4 is 4.74 Å². The molecule has 2 aromatic rings. The van der Waals surface area contributed by atoms with Crippen molar-refractivity contribution in [3.8, 4) is 16.9 Å². The maximum absolute atomic E-state index is 13.0. The topological polar surface area (TPSA) is 83.9 Å². The highest BCUT2D eigenvalue weighted by atomic mass is 32.2. The van der Waals surface area contributed by atoms with Gasteiger partial charge in [-0.3, -0.25) is 4.79 Å². The SMILES string of the molecule is COc1cccc(-c2ccc(C3CCN(S(=O)(=O)C4(C(=O)O)CCC4)CC3)cc2C)c1. The number of aliphatic carboxylic acids is 1. The van der Waals surface area contributed by atoms with Gasteiger partial charge in [0, 0.05) is 13.1 Å². The second-order valence-corrected chi connectivity index (χ2v) is 10.9. The summed E-state index contributed by atoms with van der Waals surface area (Å²) in [5, 5.41) is 9.55. The van der Waals surface area contributed by atoms with Crippen LogP contribution in [0.5, 0.6) is 5.75 Å². The van der Waals surface area contributed by atoms with Crippen molar-refractivity contribution in [2.24, 2.45) is 0 Å². The van der Waals surface area contributed by atoms with Crippen molar-refractivity contribution in [2.45, 2.75) is 49.7 Å². The van der Waals surface area contributed by atoms with Crippen LogP contribution in [-0.2, 0) is 14.8 Å². The molecule has 0 bridgehead atoms. The van der Waals surface area contributed by atoms with E-state index in [4.69, 9.17) is 4.74 Å². The molecule has 4 rings (SSSR count). The van der Waals surface area contributed by atoms with Gasteiger partial charge in [0.25, 0.3) is 0 Å². The number of hydrogen-bond donors (Lipinski definition) is 1. The Morgan fingerprint density at radius 1 is 1.13 bits per heavy atom. The largest absolute Gasteiger partial charge is 0.497 e. The molecule has 2 fully saturated rings. The first-order valence-corrected chi connectivity index (χ1v) is 12.2. The third-order valence-corrected chi connectivity index (χ3v) is 9.56. The number of nitrogens with zero attached hydrogens (tertiary/aromatic N) is 1. The van der Waals surface area contributed by atoms with Gasteiger partial charge in [-0.1, -0.05) is 30.3 Å². The molecule has 1 N–H and O–H groups in total. The molecule has 31 heavy (non-hydrogen) atoms. The van der Waals surface area contributed by atoms with Gasteiger partial charge < -0.3 is 9.84 Å². The molecule has 1 heterocycles. The van der Waals surface area contributed by atoms with E-state index in [-0.39, 0.29) is 18.8 Å². The maximum atomic E-state index is 13.0. The van der Waals surface area contributed by atoms with E-state index in [2.05, 4.69) is 31.2 Å². The number of carboxylic acids is 1. The van der Waals surface area contributed by atoms with Crippen LogP contribution in [0.4, 0.5) is 0 Å². The second-order valence-electron chi connectivity index (χ2n) is 8.64. The fourth-order valence-electron chi connectivity index (χ4n) is 4.81. The first-order valence-electron chi connectivity index (χ1n) is 10.8. The molecule has 1 saturated heterocycles. The Morgan fingerprint density at radius 3 is 2.39 bits per heavy atom. The molecular weight excluding hydrogens is 414 g/mol. The van der Waals surface area contributed by atoms with Crippen molar-refractivity contribution in [3.63, 3.8) is 0 Å². The summed E-state index contributed by atoms with van der Waals surface area (Å²) in [4.78, 5) is 11.7. The quantitative estimate of drug-likeness (QED) is 0.724. The highest BCUT2D eigenvalue weighted by Crippen LogP contribution is 2.43. The third kappa shape index (κ3) is 3.74. The lowest BCUT2D eigenvalue weighted by Gasteiger charge is -2.42. The van der Waals surface area contributed by atoms with E-state index in [0.717, 1.165) is 16.9 Å². The molecule has 1 saturated carbocycles. The van der Waals surface area contributed by atoms with Gasteiger partial charge in [0.05, 0.1) is 7.11 Å². The van der Waals surface area contributed by atoms with Crippen molar-refractivity contribution in [1.29, 1.82) is 0 Å². The number of benzene rings is 2. The Bertz CT molecular complexity index is 1080. The minimum atomic E-state index is -3.83. The fraction of sp³-hybridized carbons (Fsp3) is 0.458. The third-order valence-electron chi connectivity index (χ3n) is 6.94. The fourth-order valence-corrected chi connectivity index (χ4v) is 7.02. The van der Waals surface area contributed by atoms with Gasteiger partial charge >= 0.3 is 5.97 Å². The van der Waals surface area contributed by atoms with E-state index in [0.29, 0.717) is 32.4 Å². The van der Waals surface area contributed by atoms with Crippen LogP contribution in [0.2, 0.25) is 0 Å². The van der Waals surface area contributed by atoms with Crippen LogP contribution in [0, 0.1) is 6.92 Å². The monoisotopic (exact) mass is 443 g/mol. The number of aryl methyl sites for hydroxylation is 1. The predicted molar refractivity (Wildman–Crippen MR) is 120 cm³/mol. The lowest BCUT2D eigenvalue weighted by molar-refractivity contribution is -0.142. The number of carbonyl (C=O) groups is 1. The van der Waals surface area contributed by atoms with Gasteiger partial charge in [0.1, 0.15) is 5.75 Å². The highest BCUT2D eigenvalue weighted by molar-refractivity contribution is 7.91. The Morgan fingerprint density at radius 2 is 1.84 bits per heavy atom. The number of rotatable bonds is 6. The summed E-state index contributed by atoms with van der Waals surface area (Å²) in [6, 6.07) is 14.4. The zero-order valence-corrected chi connectivity index (χ0v) is 18.8. The maximum Gasteiger partial charge on any atom is 0.326 e. The summed E-state index contributed by atoms with van der Waals surface area (Å²) in [6.45, 7) is 2.84. The predicted octanol–water partition coefficient (Wildman–Crippen LogP) is 4.19. The van der Waals surface area contributed by atoms with E-state index in [1.165, 1.54) is 15.4 Å². The van der Waals surface area contributed by atoms with Gasteiger partial charge in [0.2, 0.25) is 10.0 Å². The standard InChI is InChI=1S/C24H29NO5S/c1-17-15-19(7-8-22(17)20-5-3-6-21(16-20)30-2)18-9-13-25(14-10-18)31(28,29)24(23(26)27)11-4-12-24/h3,5-8,15-16,18H,4,9-14H2,1-2H3,(H,26,27). The Labute approximate surface area is 183 Å². The first kappa shape index (κ1) is 21.8. The Balaban J connectivity index is 1.48. The van der Waals surface area contributed by atoms with Crippen molar-refractivity contribution in [1.82, 2.24) is 4.31 Å². The van der Waals surface area contributed by atoms with Crippen LogP contribution in [0.15, 0.2) is 42.5 Å². The van der Waals surface area contributed by atoms with E-state index in [9.17, 15) is 18.3 Å². The Kier molecular flexibility index (Phi) is 5.83. The summed E-state index contributed by atoms with van der Waals surface area (Å²) in [5.41, 5.74) is 4.62. The molecular formula is C24H29NO5S. The summed E-state index contributed by atoms with van der Waals surface area (Å²) >= 11 is 0. The molecule has 2 aliphatic rings. The number of piperidine rings is 1. The number of methoxy groups -OCH3 is 1. The summed E-state index contributed by atoms with van der Waals surface area (Å²) < 4.78 is 31.2. The lowest BCUT2D eigenvalue weighted by atomic mass is 9.84. The van der Waals surface area contributed by atoms with Crippen LogP contribution in [0.1, 0.15) is 49.1 Å². The number of hydrogen-bond acceptors (Lipinski definition) is 4. The molecule has 2 aromatic carbocycles. The minimum Gasteiger partial charge on any atom is -0.497 e. The average Bonchev–Trinajstić information content (AvgIpc) is 2.72. The molecule has 0 unspecified atom stereocenters. The van der Waals surface area contributed by atoms with Gasteiger partial charge in [0.15, 0.2) is 4.75 Å². The number of sulfonamides is 1. The molecule has 0 spiro atoms. The van der Waals surface area contributed by atoms with Crippen molar-refractivity contribution in [2.75, 3.05) is 20.2 Å². The first-order chi connectivity index (χ1) is 14.8.